The molecule has 1 N–H and O–H groups in total. The van der Waals surface area contributed by atoms with Crippen LogP contribution in [0, 0.1) is 18.3 Å². The van der Waals surface area contributed by atoms with Crippen LogP contribution in [0.4, 0.5) is 0 Å². The van der Waals surface area contributed by atoms with Crippen molar-refractivity contribution in [3.8, 4) is 11.8 Å². The van der Waals surface area contributed by atoms with Crippen molar-refractivity contribution in [3.63, 3.8) is 0 Å². The maximum atomic E-state index is 9.34. The molecule has 0 saturated carbocycles. The molecule has 0 aliphatic heterocycles. The monoisotopic (exact) mass is 288 g/mol. The molecule has 1 rings (SSSR count). The second-order valence-electron chi connectivity index (χ2n) is 7.26. The number of aryl methyl sites for hydroxylation is 1. The van der Waals surface area contributed by atoms with E-state index in [0.717, 1.165) is 11.3 Å². The lowest BCUT2D eigenvalue weighted by atomic mass is 9.86. The van der Waals surface area contributed by atoms with E-state index in [0.29, 0.717) is 6.61 Å². The van der Waals surface area contributed by atoms with Gasteiger partial charge in [-0.1, -0.05) is 32.9 Å². The molecule has 0 aliphatic rings. The highest BCUT2D eigenvalue weighted by Crippen LogP contribution is 2.27. The van der Waals surface area contributed by atoms with Crippen molar-refractivity contribution in [2.24, 2.45) is 0 Å². The Morgan fingerprint density at radius 3 is 2.29 bits per heavy atom. The summed E-state index contributed by atoms with van der Waals surface area (Å²) in [5, 5.41) is 12.6. The van der Waals surface area contributed by atoms with E-state index in [9.17, 15) is 5.26 Å². The molecule has 21 heavy (non-hydrogen) atoms. The number of nitrogens with zero attached hydrogens (tertiary/aromatic N) is 1. The van der Waals surface area contributed by atoms with E-state index in [1.807, 2.05) is 33.8 Å². The number of hydrogen-bond donors (Lipinski definition) is 1. The fourth-order valence-corrected chi connectivity index (χ4v) is 2.24. The normalized spacial score (nSPS) is 14.6. The number of rotatable bonds is 5. The van der Waals surface area contributed by atoms with E-state index in [1.54, 1.807) is 0 Å². The van der Waals surface area contributed by atoms with Crippen LogP contribution in [0.1, 0.15) is 52.7 Å². The number of hydrogen-bond acceptors (Lipinski definition) is 3. The van der Waals surface area contributed by atoms with Gasteiger partial charge in [-0.15, -0.1) is 0 Å². The highest BCUT2D eigenvalue weighted by atomic mass is 16.5. The Balaban J connectivity index is 2.83. The zero-order valence-corrected chi connectivity index (χ0v) is 14.4. The average molecular weight is 288 g/mol. The maximum absolute atomic E-state index is 9.34. The fraction of sp³-hybridized carbons (Fsp3) is 0.611. The van der Waals surface area contributed by atoms with Crippen LogP contribution in [0.25, 0.3) is 0 Å². The first-order valence-electron chi connectivity index (χ1n) is 7.50. The number of nitrogens with one attached hydrogen (secondary N) is 1. The van der Waals surface area contributed by atoms with Gasteiger partial charge in [0.1, 0.15) is 17.9 Å². The zero-order valence-electron chi connectivity index (χ0n) is 14.4. The van der Waals surface area contributed by atoms with Gasteiger partial charge in [-0.3, -0.25) is 5.32 Å². The summed E-state index contributed by atoms with van der Waals surface area (Å²) in [6, 6.07) is 8.80. The second kappa shape index (κ2) is 6.49. The zero-order chi connectivity index (χ0) is 16.3. The van der Waals surface area contributed by atoms with Crippen molar-refractivity contribution >= 4 is 0 Å². The molecule has 1 unspecified atom stereocenters. The Kier molecular flexibility index (Phi) is 5.42. The maximum Gasteiger partial charge on any atom is 0.138 e. The molecule has 1 aromatic rings. The predicted molar refractivity (Wildman–Crippen MR) is 87.7 cm³/mol. The molecule has 0 fully saturated rings. The average Bonchev–Trinajstić information content (AvgIpc) is 2.35. The van der Waals surface area contributed by atoms with Gasteiger partial charge in [0.25, 0.3) is 0 Å². The fourth-order valence-electron chi connectivity index (χ4n) is 2.24. The van der Waals surface area contributed by atoms with Gasteiger partial charge in [0.15, 0.2) is 0 Å². The van der Waals surface area contributed by atoms with Gasteiger partial charge in [0.2, 0.25) is 0 Å². The molecule has 116 valence electrons. The highest BCUT2D eigenvalue weighted by molar-refractivity contribution is 5.38. The van der Waals surface area contributed by atoms with Crippen molar-refractivity contribution < 1.29 is 4.74 Å². The minimum Gasteiger partial charge on any atom is -0.490 e. The quantitative estimate of drug-likeness (QED) is 0.892. The van der Waals surface area contributed by atoms with Crippen LogP contribution in [-0.2, 0) is 5.41 Å². The van der Waals surface area contributed by atoms with Crippen molar-refractivity contribution in [1.29, 1.82) is 5.26 Å². The third-order valence-electron chi connectivity index (χ3n) is 3.41. The second-order valence-corrected chi connectivity index (χ2v) is 7.26. The van der Waals surface area contributed by atoms with Gasteiger partial charge >= 0.3 is 0 Å². The van der Waals surface area contributed by atoms with E-state index in [4.69, 9.17) is 4.74 Å². The van der Waals surface area contributed by atoms with Crippen LogP contribution >= 0.6 is 0 Å². The number of ether oxygens (including phenoxy) is 1. The van der Waals surface area contributed by atoms with Crippen molar-refractivity contribution in [1.82, 2.24) is 5.32 Å². The molecule has 0 heterocycles. The molecule has 0 spiro atoms. The minimum atomic E-state index is -0.677. The van der Waals surface area contributed by atoms with E-state index in [1.165, 1.54) is 5.56 Å². The van der Waals surface area contributed by atoms with E-state index < -0.39 is 5.54 Å². The summed E-state index contributed by atoms with van der Waals surface area (Å²) in [6.07, 6.45) is 0. The minimum absolute atomic E-state index is 0.129. The molecule has 1 aromatic carbocycles. The smallest absolute Gasteiger partial charge is 0.138 e. The van der Waals surface area contributed by atoms with Crippen LogP contribution in [0.5, 0.6) is 5.75 Å². The summed E-state index contributed by atoms with van der Waals surface area (Å²) >= 11 is 0. The molecule has 0 amide bonds. The third kappa shape index (κ3) is 5.06. The summed E-state index contributed by atoms with van der Waals surface area (Å²) in [4.78, 5) is 0. The Hall–Kier alpha value is -1.53. The van der Waals surface area contributed by atoms with Crippen LogP contribution in [0.3, 0.4) is 0 Å². The van der Waals surface area contributed by atoms with Crippen LogP contribution in [-0.4, -0.2) is 18.2 Å². The summed E-state index contributed by atoms with van der Waals surface area (Å²) in [6.45, 7) is 14.9. The van der Waals surface area contributed by atoms with E-state index in [2.05, 4.69) is 44.3 Å². The lowest BCUT2D eigenvalue weighted by Gasteiger charge is -2.26. The highest BCUT2D eigenvalue weighted by Gasteiger charge is 2.26. The molecule has 3 nitrogen and oxygen atoms in total. The summed E-state index contributed by atoms with van der Waals surface area (Å²) < 4.78 is 5.88. The van der Waals surface area contributed by atoms with Gasteiger partial charge < -0.3 is 4.74 Å². The molecule has 0 bridgehead atoms. The van der Waals surface area contributed by atoms with Crippen LogP contribution in [0.2, 0.25) is 0 Å². The third-order valence-corrected chi connectivity index (χ3v) is 3.41. The molecule has 1 atom stereocenters. The summed E-state index contributed by atoms with van der Waals surface area (Å²) in [7, 11) is 0. The van der Waals surface area contributed by atoms with Gasteiger partial charge in [0, 0.05) is 6.04 Å². The molecule has 0 aliphatic carbocycles. The van der Waals surface area contributed by atoms with E-state index >= 15 is 0 Å². The first-order chi connectivity index (χ1) is 9.57. The van der Waals surface area contributed by atoms with Gasteiger partial charge in [0.05, 0.1) is 6.07 Å². The molecular weight excluding hydrogens is 260 g/mol. The molecule has 0 saturated heterocycles. The Labute approximate surface area is 129 Å². The Morgan fingerprint density at radius 1 is 1.24 bits per heavy atom. The first-order valence-corrected chi connectivity index (χ1v) is 7.50. The van der Waals surface area contributed by atoms with Crippen molar-refractivity contribution in [3.05, 3.63) is 29.3 Å². The largest absolute Gasteiger partial charge is 0.490 e. The van der Waals surface area contributed by atoms with Crippen LogP contribution in [0.15, 0.2) is 18.2 Å². The molecule has 0 aromatic heterocycles. The van der Waals surface area contributed by atoms with Crippen molar-refractivity contribution in [2.45, 2.75) is 65.5 Å². The molecular formula is C18H28N2O. The van der Waals surface area contributed by atoms with E-state index in [-0.39, 0.29) is 11.5 Å². The first kappa shape index (κ1) is 17.5. The molecule has 3 heteroatoms. The lowest BCUT2D eigenvalue weighted by Crippen LogP contribution is -2.49. The number of nitriles is 1. The topological polar surface area (TPSA) is 45.0 Å². The summed E-state index contributed by atoms with van der Waals surface area (Å²) in [5.74, 6) is 0.843. The van der Waals surface area contributed by atoms with Gasteiger partial charge in [-0.2, -0.15) is 5.26 Å². The standard InChI is InChI=1S/C18H28N2O/c1-13(2)20-18(7,11-19)12-21-16-9-8-15(10-14(16)3)17(4,5)6/h8-10,13,20H,12H2,1-7H3. The Morgan fingerprint density at radius 2 is 1.86 bits per heavy atom. The Bertz CT molecular complexity index is 523. The predicted octanol–water partition coefficient (Wildman–Crippen LogP) is 3.95. The molecule has 0 radical (unpaired) electrons. The SMILES string of the molecule is Cc1cc(C(C)(C)C)ccc1OCC(C)(C#N)NC(C)C. The van der Waals surface area contributed by atoms with Crippen molar-refractivity contribution in [2.75, 3.05) is 6.61 Å². The van der Waals surface area contributed by atoms with Crippen LogP contribution < -0.4 is 10.1 Å². The lowest BCUT2D eigenvalue weighted by molar-refractivity contribution is 0.224. The summed E-state index contributed by atoms with van der Waals surface area (Å²) in [5.41, 5.74) is 1.84. The van der Waals surface area contributed by atoms with Gasteiger partial charge in [-0.25, -0.2) is 0 Å². The number of benzene rings is 1. The van der Waals surface area contributed by atoms with Gasteiger partial charge in [-0.05, 0) is 50.3 Å².